The lowest BCUT2D eigenvalue weighted by molar-refractivity contribution is 0.0950. The summed E-state index contributed by atoms with van der Waals surface area (Å²) in [5.74, 6) is 0.426. The molecule has 3 aromatic rings. The number of amides is 1. The molecule has 0 unspecified atom stereocenters. The number of para-hydroxylation sites is 2. The molecule has 0 fully saturated rings. The van der Waals surface area contributed by atoms with Crippen molar-refractivity contribution in [3.63, 3.8) is 0 Å². The number of fused-ring (bicyclic) bond motifs is 1. The fraction of sp³-hybridized carbons (Fsp3) is 0.320. The largest absolute Gasteiger partial charge is 0.493 e. The van der Waals surface area contributed by atoms with Crippen LogP contribution in [0.1, 0.15) is 61.5 Å². The zero-order chi connectivity index (χ0) is 21.0. The summed E-state index contributed by atoms with van der Waals surface area (Å²) in [7, 11) is 0. The Morgan fingerprint density at radius 2 is 1.73 bits per heavy atom. The van der Waals surface area contributed by atoms with Gasteiger partial charge < -0.3 is 4.74 Å². The first-order valence-corrected chi connectivity index (χ1v) is 10.7. The predicted octanol–water partition coefficient (Wildman–Crippen LogP) is 5.74. The summed E-state index contributed by atoms with van der Waals surface area (Å²) < 4.78 is 5.92. The Morgan fingerprint density at radius 3 is 2.63 bits per heavy atom. The van der Waals surface area contributed by atoms with Gasteiger partial charge in [-0.25, -0.2) is 10.4 Å². The highest BCUT2D eigenvalue weighted by molar-refractivity contribution is 5.95. The predicted molar refractivity (Wildman–Crippen MR) is 122 cm³/mol. The molecule has 0 aliphatic rings. The summed E-state index contributed by atoms with van der Waals surface area (Å²) in [6, 6.07) is 19.0. The third kappa shape index (κ3) is 6.41. The van der Waals surface area contributed by atoms with Gasteiger partial charge in [0.1, 0.15) is 11.4 Å². The number of ether oxygens (including phenoxy) is 1. The summed E-state index contributed by atoms with van der Waals surface area (Å²) in [6.07, 6.45) is 8.96. The lowest BCUT2D eigenvalue weighted by Gasteiger charge is -2.09. The summed E-state index contributed by atoms with van der Waals surface area (Å²) in [5, 5.41) is 5.09. The molecule has 1 aromatic heterocycles. The van der Waals surface area contributed by atoms with Crippen LogP contribution in [0.5, 0.6) is 5.75 Å². The normalized spacial score (nSPS) is 11.1. The molecule has 0 saturated heterocycles. The van der Waals surface area contributed by atoms with E-state index in [1.807, 2.05) is 54.6 Å². The highest BCUT2D eigenvalue weighted by Crippen LogP contribution is 2.17. The summed E-state index contributed by atoms with van der Waals surface area (Å²) >= 11 is 0. The third-order valence-electron chi connectivity index (χ3n) is 4.88. The number of pyridine rings is 1. The van der Waals surface area contributed by atoms with Gasteiger partial charge in [0.2, 0.25) is 0 Å². The van der Waals surface area contributed by atoms with Crippen LogP contribution in [0.25, 0.3) is 10.9 Å². The topological polar surface area (TPSA) is 63.6 Å². The van der Waals surface area contributed by atoms with Crippen molar-refractivity contribution in [1.29, 1.82) is 0 Å². The molecule has 0 spiro atoms. The molecule has 156 valence electrons. The van der Waals surface area contributed by atoms with Crippen LogP contribution in [0, 0.1) is 0 Å². The van der Waals surface area contributed by atoms with Gasteiger partial charge in [-0.2, -0.15) is 5.10 Å². The van der Waals surface area contributed by atoms with Crippen LogP contribution in [0.15, 0.2) is 65.8 Å². The van der Waals surface area contributed by atoms with Crippen molar-refractivity contribution in [3.8, 4) is 5.75 Å². The maximum absolute atomic E-state index is 12.4. The third-order valence-corrected chi connectivity index (χ3v) is 4.88. The number of hydrazone groups is 1. The molecule has 0 aliphatic heterocycles. The number of benzene rings is 2. The zero-order valence-corrected chi connectivity index (χ0v) is 17.5. The fourth-order valence-electron chi connectivity index (χ4n) is 3.19. The Kier molecular flexibility index (Phi) is 8.39. The van der Waals surface area contributed by atoms with Crippen molar-refractivity contribution >= 4 is 23.0 Å². The molecule has 1 N–H and O–H groups in total. The van der Waals surface area contributed by atoms with Crippen molar-refractivity contribution in [1.82, 2.24) is 10.4 Å². The molecule has 5 nitrogen and oxygen atoms in total. The second-order valence-corrected chi connectivity index (χ2v) is 7.24. The van der Waals surface area contributed by atoms with Crippen molar-refractivity contribution in [2.45, 2.75) is 45.4 Å². The first-order chi connectivity index (χ1) is 14.8. The van der Waals surface area contributed by atoms with Gasteiger partial charge in [0.05, 0.1) is 18.3 Å². The van der Waals surface area contributed by atoms with Crippen molar-refractivity contribution in [2.24, 2.45) is 5.10 Å². The van der Waals surface area contributed by atoms with Gasteiger partial charge >= 0.3 is 0 Å². The molecule has 3 rings (SSSR count). The Hall–Kier alpha value is -3.21. The molecule has 0 aliphatic carbocycles. The number of nitrogens with one attached hydrogen (secondary N) is 1. The van der Waals surface area contributed by atoms with E-state index in [1.165, 1.54) is 32.1 Å². The summed E-state index contributed by atoms with van der Waals surface area (Å²) in [5.41, 5.74) is 4.49. The van der Waals surface area contributed by atoms with Crippen molar-refractivity contribution < 1.29 is 9.53 Å². The van der Waals surface area contributed by atoms with Gasteiger partial charge in [-0.15, -0.1) is 0 Å². The highest BCUT2D eigenvalue weighted by Gasteiger charge is 2.07. The first-order valence-electron chi connectivity index (χ1n) is 10.7. The number of aromatic nitrogens is 1. The van der Waals surface area contributed by atoms with E-state index in [0.29, 0.717) is 12.3 Å². The minimum absolute atomic E-state index is 0.332. The van der Waals surface area contributed by atoms with E-state index in [4.69, 9.17) is 4.74 Å². The molecule has 30 heavy (non-hydrogen) atoms. The summed E-state index contributed by atoms with van der Waals surface area (Å²) in [6.45, 7) is 2.91. The monoisotopic (exact) mass is 403 g/mol. The van der Waals surface area contributed by atoms with E-state index in [0.717, 1.165) is 28.6 Å². The lowest BCUT2D eigenvalue weighted by atomic mass is 10.1. The smallest absolute Gasteiger partial charge is 0.289 e. The molecule has 1 amide bonds. The van der Waals surface area contributed by atoms with Gasteiger partial charge in [-0.05, 0) is 30.7 Å². The standard InChI is InChI=1S/C25H29N3O2/c1-2-3-4-5-6-11-18-30-24-15-10-8-13-21(24)19-26-28-25(29)23-17-16-20-12-7-9-14-22(20)27-23/h7-10,12-17,19H,2-6,11,18H2,1H3,(H,28,29)/b26-19+. The van der Waals surface area contributed by atoms with Gasteiger partial charge in [0, 0.05) is 10.9 Å². The molecule has 0 atom stereocenters. The minimum Gasteiger partial charge on any atom is -0.493 e. The van der Waals surface area contributed by atoms with E-state index >= 15 is 0 Å². The van der Waals surface area contributed by atoms with E-state index in [1.54, 1.807) is 12.3 Å². The van der Waals surface area contributed by atoms with Crippen LogP contribution >= 0.6 is 0 Å². The molecule has 1 heterocycles. The number of carbonyl (C=O) groups is 1. The van der Waals surface area contributed by atoms with Gasteiger partial charge in [-0.1, -0.05) is 75.4 Å². The second kappa shape index (κ2) is 11.7. The van der Waals surface area contributed by atoms with Crippen LogP contribution in [0.3, 0.4) is 0 Å². The zero-order valence-electron chi connectivity index (χ0n) is 17.5. The maximum Gasteiger partial charge on any atom is 0.289 e. The van der Waals surface area contributed by atoms with E-state index in [2.05, 4.69) is 22.4 Å². The summed E-state index contributed by atoms with van der Waals surface area (Å²) in [4.78, 5) is 16.7. The van der Waals surface area contributed by atoms with E-state index < -0.39 is 0 Å². The Labute approximate surface area is 178 Å². The number of hydrogen-bond donors (Lipinski definition) is 1. The quantitative estimate of drug-likeness (QED) is 0.252. The molecule has 0 bridgehead atoms. The Bertz CT molecular complexity index is 985. The molecule has 5 heteroatoms. The number of unbranched alkanes of at least 4 members (excludes halogenated alkanes) is 5. The number of hydrogen-bond acceptors (Lipinski definition) is 4. The van der Waals surface area contributed by atoms with Crippen molar-refractivity contribution in [3.05, 3.63) is 71.9 Å². The molecular weight excluding hydrogens is 374 g/mol. The highest BCUT2D eigenvalue weighted by atomic mass is 16.5. The van der Waals surface area contributed by atoms with E-state index in [9.17, 15) is 4.79 Å². The van der Waals surface area contributed by atoms with Crippen LogP contribution in [-0.4, -0.2) is 23.7 Å². The molecule has 0 saturated carbocycles. The average Bonchev–Trinajstić information content (AvgIpc) is 2.79. The molecule has 2 aromatic carbocycles. The second-order valence-electron chi connectivity index (χ2n) is 7.24. The lowest BCUT2D eigenvalue weighted by Crippen LogP contribution is -2.19. The fourth-order valence-corrected chi connectivity index (χ4v) is 3.19. The number of nitrogens with zero attached hydrogens (tertiary/aromatic N) is 2. The van der Waals surface area contributed by atoms with Gasteiger partial charge in [0.15, 0.2) is 0 Å². The van der Waals surface area contributed by atoms with Crippen molar-refractivity contribution in [2.75, 3.05) is 6.61 Å². The van der Waals surface area contributed by atoms with Crippen LogP contribution < -0.4 is 10.2 Å². The average molecular weight is 404 g/mol. The Balaban J connectivity index is 1.52. The van der Waals surface area contributed by atoms with Crippen LogP contribution in [0.4, 0.5) is 0 Å². The maximum atomic E-state index is 12.4. The van der Waals surface area contributed by atoms with Crippen LogP contribution in [0.2, 0.25) is 0 Å². The Morgan fingerprint density at radius 1 is 0.967 bits per heavy atom. The number of carbonyl (C=O) groups excluding carboxylic acids is 1. The SMILES string of the molecule is CCCCCCCCOc1ccccc1/C=N/NC(=O)c1ccc2ccccc2n1. The first kappa shape index (κ1) is 21.5. The minimum atomic E-state index is -0.345. The van der Waals surface area contributed by atoms with Crippen LogP contribution in [-0.2, 0) is 0 Å². The van der Waals surface area contributed by atoms with E-state index in [-0.39, 0.29) is 5.91 Å². The van der Waals surface area contributed by atoms with Gasteiger partial charge in [-0.3, -0.25) is 4.79 Å². The number of rotatable bonds is 11. The molecule has 0 radical (unpaired) electrons. The molecular formula is C25H29N3O2. The van der Waals surface area contributed by atoms with Gasteiger partial charge in [0.25, 0.3) is 5.91 Å².